The quantitative estimate of drug-likeness (QED) is 0.0690. The number of hydrogen-bond acceptors (Lipinski definition) is 8. The van der Waals surface area contributed by atoms with Gasteiger partial charge in [0.15, 0.2) is 0 Å². The minimum absolute atomic E-state index is 0.0633. The summed E-state index contributed by atoms with van der Waals surface area (Å²) >= 11 is 0. The lowest BCUT2D eigenvalue weighted by Crippen LogP contribution is -2.52. The molecule has 4 aliphatic rings. The maximum Gasteiger partial charge on any atom is 0.330 e. The van der Waals surface area contributed by atoms with Gasteiger partial charge in [-0.2, -0.15) is 0 Å². The Hall–Kier alpha value is -1.85. The van der Waals surface area contributed by atoms with Gasteiger partial charge in [0, 0.05) is 19.6 Å². The largest absolute Gasteiger partial charge is 0.456 e. The van der Waals surface area contributed by atoms with Crippen molar-refractivity contribution in [2.75, 3.05) is 20.5 Å². The SMILES string of the molecule is C=C1C[C@H](C)C[C@@H]2CC=C[C@@H](CC=CC(=O)O[C@H]([C@H](C=C[C@@H]3CC(C)=CCO3)O[Si](C(C)C)(C(C)C)C(C)C)C[C@@H]3O[C@H]3[C@@H](OCOC)C1)O2. The molecule has 9 atom stereocenters. The van der Waals surface area contributed by atoms with Crippen LogP contribution in [-0.4, -0.2) is 83.6 Å². The molecule has 0 aromatic carbocycles. The zero-order valence-electron chi connectivity index (χ0n) is 32.3. The number of epoxide rings is 1. The van der Waals surface area contributed by atoms with Crippen molar-refractivity contribution in [1.82, 2.24) is 0 Å². The minimum atomic E-state index is -2.40. The molecule has 1 fully saturated rings. The fraction of sp³-hybridized carbons (Fsp3) is 0.732. The van der Waals surface area contributed by atoms with Gasteiger partial charge in [-0.25, -0.2) is 4.79 Å². The highest BCUT2D eigenvalue weighted by molar-refractivity contribution is 6.77. The van der Waals surface area contributed by atoms with Crippen LogP contribution in [-0.2, 0) is 37.6 Å². The molecule has 4 heterocycles. The average molecular weight is 715 g/mol. The van der Waals surface area contributed by atoms with E-state index in [0.717, 1.165) is 31.3 Å². The van der Waals surface area contributed by atoms with Crippen LogP contribution in [0.4, 0.5) is 0 Å². The summed E-state index contributed by atoms with van der Waals surface area (Å²) in [5, 5.41) is 0. The number of carbonyl (C=O) groups is 1. The Morgan fingerprint density at radius 3 is 2.42 bits per heavy atom. The summed E-state index contributed by atoms with van der Waals surface area (Å²) in [6, 6.07) is 0. The highest BCUT2D eigenvalue weighted by atomic mass is 28.4. The molecule has 4 aliphatic heterocycles. The molecule has 1 saturated heterocycles. The lowest BCUT2D eigenvalue weighted by molar-refractivity contribution is -0.147. The van der Waals surface area contributed by atoms with Gasteiger partial charge in [-0.1, -0.05) is 103 Å². The summed E-state index contributed by atoms with van der Waals surface area (Å²) in [5.41, 5.74) is 3.48. The molecule has 282 valence electrons. The summed E-state index contributed by atoms with van der Waals surface area (Å²) in [6.07, 6.45) is 17.8. The summed E-state index contributed by atoms with van der Waals surface area (Å²) in [4.78, 5) is 13.6. The van der Waals surface area contributed by atoms with Crippen molar-refractivity contribution in [2.24, 2.45) is 5.92 Å². The zero-order valence-corrected chi connectivity index (χ0v) is 33.3. The van der Waals surface area contributed by atoms with Crippen LogP contribution in [0.1, 0.15) is 100 Å². The number of fused-ring (bicyclic) bond motifs is 3. The Morgan fingerprint density at radius 2 is 1.74 bits per heavy atom. The molecular weight excluding hydrogens is 649 g/mol. The van der Waals surface area contributed by atoms with E-state index in [1.807, 2.05) is 6.08 Å². The van der Waals surface area contributed by atoms with Gasteiger partial charge in [0.1, 0.15) is 25.1 Å². The maximum atomic E-state index is 13.6. The number of hydrogen-bond donors (Lipinski definition) is 0. The molecule has 0 aliphatic carbocycles. The zero-order chi connectivity index (χ0) is 36.4. The van der Waals surface area contributed by atoms with Gasteiger partial charge in [0.2, 0.25) is 8.32 Å². The number of esters is 1. The molecule has 8 nitrogen and oxygen atoms in total. The van der Waals surface area contributed by atoms with E-state index in [4.69, 9.17) is 32.8 Å². The van der Waals surface area contributed by atoms with Crippen molar-refractivity contribution in [1.29, 1.82) is 0 Å². The fourth-order valence-electron chi connectivity index (χ4n) is 8.49. The molecule has 9 heteroatoms. The maximum absolute atomic E-state index is 13.6. The molecule has 0 radical (unpaired) electrons. The third-order valence-electron chi connectivity index (χ3n) is 10.8. The molecule has 4 rings (SSSR count). The van der Waals surface area contributed by atoms with Crippen LogP contribution in [0.2, 0.25) is 16.6 Å². The van der Waals surface area contributed by atoms with E-state index in [2.05, 4.69) is 92.3 Å². The van der Waals surface area contributed by atoms with E-state index in [9.17, 15) is 4.79 Å². The number of ether oxygens (including phenoxy) is 6. The third kappa shape index (κ3) is 11.6. The van der Waals surface area contributed by atoms with Crippen LogP contribution in [0, 0.1) is 5.92 Å². The van der Waals surface area contributed by atoms with Gasteiger partial charge < -0.3 is 32.8 Å². The fourth-order valence-corrected chi connectivity index (χ4v) is 14.0. The first-order valence-corrected chi connectivity index (χ1v) is 21.2. The summed E-state index contributed by atoms with van der Waals surface area (Å²) in [5.74, 6) is 0.0243. The van der Waals surface area contributed by atoms with Crippen molar-refractivity contribution < 1.29 is 37.6 Å². The van der Waals surface area contributed by atoms with E-state index < -0.39 is 20.5 Å². The molecule has 0 aromatic rings. The van der Waals surface area contributed by atoms with E-state index >= 15 is 0 Å². The Morgan fingerprint density at radius 1 is 1.00 bits per heavy atom. The summed E-state index contributed by atoms with van der Waals surface area (Å²) < 4.78 is 44.2. The van der Waals surface area contributed by atoms with Crippen LogP contribution >= 0.6 is 0 Å². The lowest BCUT2D eigenvalue weighted by Gasteiger charge is -2.45. The van der Waals surface area contributed by atoms with Crippen LogP contribution in [0.5, 0.6) is 0 Å². The number of rotatable bonds is 11. The molecule has 0 amide bonds. The molecular formula is C41H66O8Si. The normalized spacial score (nSPS) is 32.5. The van der Waals surface area contributed by atoms with Crippen LogP contribution in [0.15, 0.2) is 60.3 Å². The second-order valence-corrected chi connectivity index (χ2v) is 21.4. The van der Waals surface area contributed by atoms with Gasteiger partial charge in [-0.3, -0.25) is 0 Å². The van der Waals surface area contributed by atoms with Crippen molar-refractivity contribution >= 4 is 14.3 Å². The Kier molecular flexibility index (Phi) is 15.8. The van der Waals surface area contributed by atoms with Gasteiger partial charge in [0.25, 0.3) is 0 Å². The molecule has 2 bridgehead atoms. The Bertz CT molecular complexity index is 1200. The van der Waals surface area contributed by atoms with Crippen molar-refractivity contribution in [3.63, 3.8) is 0 Å². The minimum Gasteiger partial charge on any atom is -0.456 e. The summed E-state index contributed by atoms with van der Waals surface area (Å²) in [7, 11) is -0.771. The highest BCUT2D eigenvalue weighted by Crippen LogP contribution is 2.45. The Balaban J connectivity index is 1.69. The van der Waals surface area contributed by atoms with Crippen LogP contribution in [0.3, 0.4) is 0 Å². The van der Waals surface area contributed by atoms with Crippen molar-refractivity contribution in [3.05, 3.63) is 60.3 Å². The smallest absolute Gasteiger partial charge is 0.330 e. The van der Waals surface area contributed by atoms with E-state index in [1.54, 1.807) is 13.2 Å². The first kappa shape index (κ1) is 40.9. The second-order valence-electron chi connectivity index (χ2n) is 16.0. The highest BCUT2D eigenvalue weighted by Gasteiger charge is 2.51. The van der Waals surface area contributed by atoms with Gasteiger partial charge in [0.05, 0.1) is 37.1 Å². The monoisotopic (exact) mass is 714 g/mol. The Labute approximate surface area is 303 Å². The van der Waals surface area contributed by atoms with Crippen LogP contribution < -0.4 is 0 Å². The van der Waals surface area contributed by atoms with Gasteiger partial charge in [-0.15, -0.1) is 0 Å². The molecule has 0 saturated carbocycles. The molecule has 50 heavy (non-hydrogen) atoms. The van der Waals surface area contributed by atoms with E-state index in [1.165, 1.54) is 5.57 Å². The number of methoxy groups -OCH3 is 1. The molecule has 0 N–H and O–H groups in total. The second kappa shape index (κ2) is 19.3. The topological polar surface area (TPSA) is 85.0 Å². The summed E-state index contributed by atoms with van der Waals surface area (Å²) in [6.45, 7) is 23.3. The number of cyclic esters (lactones) is 1. The van der Waals surface area contributed by atoms with Crippen LogP contribution in [0.25, 0.3) is 0 Å². The van der Waals surface area contributed by atoms with Crippen molar-refractivity contribution in [3.8, 4) is 0 Å². The number of carbonyl (C=O) groups excluding carboxylic acids is 1. The predicted octanol–water partition coefficient (Wildman–Crippen LogP) is 8.93. The van der Waals surface area contributed by atoms with E-state index in [-0.39, 0.29) is 49.4 Å². The first-order valence-electron chi connectivity index (χ1n) is 19.1. The molecule has 0 unspecified atom stereocenters. The third-order valence-corrected chi connectivity index (χ3v) is 16.9. The predicted molar refractivity (Wildman–Crippen MR) is 201 cm³/mol. The van der Waals surface area contributed by atoms with Gasteiger partial charge >= 0.3 is 5.97 Å². The standard InChI is InChI=1S/C41H66O8Si/c1-27(2)50(28(3)4,29(5)6)49-36(18-17-34-22-30(7)19-20-44-34)37-25-39-41(48-39)38(45-26-43-10)24-32(9)21-31(8)23-35-15-11-13-33(46-35)14-12-16-40(42)47-37/h11-13,16-19,27-29,31,33-39,41H,9,14-15,20-26H2,1-8,10H3/t31-,33-,34+,35-,36-,37-,38-,39-,41-/m0/s1. The van der Waals surface area contributed by atoms with E-state index in [0.29, 0.717) is 48.4 Å². The molecule has 0 spiro atoms. The lowest BCUT2D eigenvalue weighted by atomic mass is 9.90. The van der Waals surface area contributed by atoms with Gasteiger partial charge in [-0.05, 0) is 68.0 Å². The molecule has 0 aromatic heterocycles. The van der Waals surface area contributed by atoms with Crippen molar-refractivity contribution in [2.45, 2.75) is 166 Å². The first-order chi connectivity index (χ1) is 23.8. The average Bonchev–Trinajstić information content (AvgIpc) is 3.81.